The Bertz CT molecular complexity index is 588. The van der Waals surface area contributed by atoms with Crippen LogP contribution in [0.2, 0.25) is 5.02 Å². The van der Waals surface area contributed by atoms with Crippen molar-refractivity contribution in [2.75, 3.05) is 0 Å². The SMILES string of the molecule is N#Cc1ccc(Oc2ccc(Cl)cc2CCl)cc1. The first kappa shape index (κ1) is 12.8. The van der Waals surface area contributed by atoms with Gasteiger partial charge in [0.05, 0.1) is 17.5 Å². The Labute approximate surface area is 115 Å². The molecule has 0 fully saturated rings. The number of hydrogen-bond acceptors (Lipinski definition) is 2. The van der Waals surface area contributed by atoms with E-state index in [0.29, 0.717) is 28.0 Å². The second kappa shape index (κ2) is 5.77. The average Bonchev–Trinajstić information content (AvgIpc) is 2.41. The van der Waals surface area contributed by atoms with Crippen molar-refractivity contribution >= 4 is 23.2 Å². The first-order chi connectivity index (χ1) is 8.72. The Morgan fingerprint density at radius 1 is 1.11 bits per heavy atom. The second-order valence-corrected chi connectivity index (χ2v) is 4.33. The second-order valence-electron chi connectivity index (χ2n) is 3.62. The normalized spacial score (nSPS) is 9.83. The van der Waals surface area contributed by atoms with Gasteiger partial charge in [-0.25, -0.2) is 0 Å². The minimum Gasteiger partial charge on any atom is -0.457 e. The van der Waals surface area contributed by atoms with Crippen molar-refractivity contribution in [1.82, 2.24) is 0 Å². The van der Waals surface area contributed by atoms with E-state index in [1.165, 1.54) is 0 Å². The molecule has 0 aromatic heterocycles. The van der Waals surface area contributed by atoms with Gasteiger partial charge in [-0.1, -0.05) is 11.6 Å². The quantitative estimate of drug-likeness (QED) is 0.759. The summed E-state index contributed by atoms with van der Waals surface area (Å²) >= 11 is 11.7. The van der Waals surface area contributed by atoms with Gasteiger partial charge < -0.3 is 4.74 Å². The van der Waals surface area contributed by atoms with Crippen LogP contribution < -0.4 is 4.74 Å². The molecule has 0 radical (unpaired) electrons. The number of hydrogen-bond donors (Lipinski definition) is 0. The Kier molecular flexibility index (Phi) is 4.09. The highest BCUT2D eigenvalue weighted by atomic mass is 35.5. The summed E-state index contributed by atoms with van der Waals surface area (Å²) in [5, 5.41) is 9.33. The van der Waals surface area contributed by atoms with Crippen LogP contribution in [0.5, 0.6) is 11.5 Å². The molecule has 0 saturated heterocycles. The van der Waals surface area contributed by atoms with E-state index in [0.717, 1.165) is 5.56 Å². The van der Waals surface area contributed by atoms with E-state index in [4.69, 9.17) is 33.2 Å². The first-order valence-corrected chi connectivity index (χ1v) is 6.16. The number of benzene rings is 2. The third-order valence-electron chi connectivity index (χ3n) is 2.38. The largest absolute Gasteiger partial charge is 0.457 e. The summed E-state index contributed by atoms with van der Waals surface area (Å²) in [6.45, 7) is 0. The Morgan fingerprint density at radius 2 is 1.83 bits per heavy atom. The fourth-order valence-electron chi connectivity index (χ4n) is 1.48. The molecule has 4 heteroatoms. The molecule has 0 atom stereocenters. The van der Waals surface area contributed by atoms with Crippen molar-refractivity contribution in [1.29, 1.82) is 5.26 Å². The molecule has 2 rings (SSSR count). The molecule has 0 saturated carbocycles. The molecule has 0 aliphatic rings. The van der Waals surface area contributed by atoms with Crippen molar-refractivity contribution in [3.05, 3.63) is 58.6 Å². The van der Waals surface area contributed by atoms with Gasteiger partial charge in [0.15, 0.2) is 0 Å². The molecule has 2 aromatic carbocycles. The zero-order chi connectivity index (χ0) is 13.0. The molecule has 0 N–H and O–H groups in total. The highest BCUT2D eigenvalue weighted by Crippen LogP contribution is 2.29. The molecule has 0 bridgehead atoms. The molecule has 0 unspecified atom stereocenters. The van der Waals surface area contributed by atoms with Crippen LogP contribution in [0.25, 0.3) is 0 Å². The minimum atomic E-state index is 0.326. The Morgan fingerprint density at radius 3 is 2.44 bits per heavy atom. The molecule has 2 nitrogen and oxygen atoms in total. The minimum absolute atomic E-state index is 0.326. The summed E-state index contributed by atoms with van der Waals surface area (Å²) in [7, 11) is 0. The molecular weight excluding hydrogens is 269 g/mol. The number of halogens is 2. The van der Waals surface area contributed by atoms with Crippen molar-refractivity contribution in [3.8, 4) is 17.6 Å². The van der Waals surface area contributed by atoms with E-state index in [9.17, 15) is 0 Å². The monoisotopic (exact) mass is 277 g/mol. The van der Waals surface area contributed by atoms with Gasteiger partial charge in [0.25, 0.3) is 0 Å². The van der Waals surface area contributed by atoms with E-state index in [1.54, 1.807) is 42.5 Å². The highest BCUT2D eigenvalue weighted by molar-refractivity contribution is 6.30. The Balaban J connectivity index is 2.25. The van der Waals surface area contributed by atoms with Crippen molar-refractivity contribution in [2.24, 2.45) is 0 Å². The lowest BCUT2D eigenvalue weighted by molar-refractivity contribution is 0.478. The maximum Gasteiger partial charge on any atom is 0.131 e. The van der Waals surface area contributed by atoms with Crippen molar-refractivity contribution < 1.29 is 4.74 Å². The van der Waals surface area contributed by atoms with E-state index in [-0.39, 0.29) is 0 Å². The van der Waals surface area contributed by atoms with E-state index in [1.807, 2.05) is 0 Å². The molecule has 0 amide bonds. The molecular formula is C14H9Cl2NO. The lowest BCUT2D eigenvalue weighted by atomic mass is 10.2. The first-order valence-electron chi connectivity index (χ1n) is 5.25. The van der Waals surface area contributed by atoms with Gasteiger partial charge in [-0.3, -0.25) is 0 Å². The van der Waals surface area contributed by atoms with Gasteiger partial charge in [-0.15, -0.1) is 11.6 Å². The highest BCUT2D eigenvalue weighted by Gasteiger charge is 2.05. The van der Waals surface area contributed by atoms with Gasteiger partial charge in [0.2, 0.25) is 0 Å². The summed E-state index contributed by atoms with van der Waals surface area (Å²) in [5.74, 6) is 1.65. The molecule has 18 heavy (non-hydrogen) atoms. The number of rotatable bonds is 3. The average molecular weight is 278 g/mol. The van der Waals surface area contributed by atoms with Crippen molar-refractivity contribution in [3.63, 3.8) is 0 Å². The molecule has 0 aliphatic heterocycles. The molecule has 0 spiro atoms. The Hall–Kier alpha value is -1.69. The smallest absolute Gasteiger partial charge is 0.131 e. The van der Waals surface area contributed by atoms with Gasteiger partial charge in [0.1, 0.15) is 11.5 Å². The maximum absolute atomic E-state index is 8.71. The topological polar surface area (TPSA) is 33.0 Å². The number of ether oxygens (including phenoxy) is 1. The van der Waals surface area contributed by atoms with E-state index in [2.05, 4.69) is 6.07 Å². The van der Waals surface area contributed by atoms with Crippen LogP contribution in [0.3, 0.4) is 0 Å². The van der Waals surface area contributed by atoms with E-state index >= 15 is 0 Å². The summed E-state index contributed by atoms with van der Waals surface area (Å²) in [6, 6.07) is 14.2. The number of alkyl halides is 1. The number of nitrogens with zero attached hydrogens (tertiary/aromatic N) is 1. The van der Waals surface area contributed by atoms with Crippen LogP contribution in [0.1, 0.15) is 11.1 Å². The lowest BCUT2D eigenvalue weighted by Gasteiger charge is -2.09. The third-order valence-corrected chi connectivity index (χ3v) is 2.90. The van der Waals surface area contributed by atoms with Crippen LogP contribution in [-0.2, 0) is 5.88 Å². The van der Waals surface area contributed by atoms with Gasteiger partial charge in [-0.05, 0) is 42.5 Å². The summed E-state index contributed by atoms with van der Waals surface area (Å²) in [4.78, 5) is 0. The molecule has 2 aromatic rings. The van der Waals surface area contributed by atoms with Gasteiger partial charge in [0, 0.05) is 10.6 Å². The molecule has 90 valence electrons. The predicted octanol–water partition coefficient (Wildman–Crippen LogP) is 4.74. The third kappa shape index (κ3) is 2.95. The zero-order valence-electron chi connectivity index (χ0n) is 9.36. The van der Waals surface area contributed by atoms with Crippen LogP contribution in [-0.4, -0.2) is 0 Å². The fourth-order valence-corrected chi connectivity index (χ4v) is 1.88. The molecule has 0 heterocycles. The molecule has 0 aliphatic carbocycles. The van der Waals surface area contributed by atoms with Crippen LogP contribution in [0.15, 0.2) is 42.5 Å². The van der Waals surface area contributed by atoms with Crippen LogP contribution in [0, 0.1) is 11.3 Å². The maximum atomic E-state index is 8.71. The van der Waals surface area contributed by atoms with Crippen LogP contribution in [0.4, 0.5) is 0 Å². The summed E-state index contributed by atoms with van der Waals surface area (Å²) in [6.07, 6.45) is 0. The number of nitriles is 1. The van der Waals surface area contributed by atoms with Crippen LogP contribution >= 0.6 is 23.2 Å². The van der Waals surface area contributed by atoms with Crippen molar-refractivity contribution in [2.45, 2.75) is 5.88 Å². The standard InChI is InChI=1S/C14H9Cl2NO/c15-8-11-7-12(16)3-6-14(11)18-13-4-1-10(9-17)2-5-13/h1-7H,8H2. The van der Waals surface area contributed by atoms with E-state index < -0.39 is 0 Å². The lowest BCUT2D eigenvalue weighted by Crippen LogP contribution is -1.89. The summed E-state index contributed by atoms with van der Waals surface area (Å²) in [5.41, 5.74) is 1.42. The summed E-state index contributed by atoms with van der Waals surface area (Å²) < 4.78 is 5.70. The zero-order valence-corrected chi connectivity index (χ0v) is 10.9. The predicted molar refractivity (Wildman–Crippen MR) is 72.2 cm³/mol. The van der Waals surface area contributed by atoms with Gasteiger partial charge in [-0.2, -0.15) is 5.26 Å². The van der Waals surface area contributed by atoms with Gasteiger partial charge >= 0.3 is 0 Å². The fraction of sp³-hybridized carbons (Fsp3) is 0.0714.